The molecule has 0 bridgehead atoms. The minimum absolute atomic E-state index is 0.167. The molecule has 0 saturated carbocycles. The zero-order valence-corrected chi connectivity index (χ0v) is 9.65. The lowest BCUT2D eigenvalue weighted by atomic mass is 10.1. The Bertz CT molecular complexity index is 621. The van der Waals surface area contributed by atoms with Gasteiger partial charge in [-0.25, -0.2) is 8.42 Å². The fraction of sp³-hybridized carbons (Fsp3) is 0.111. The van der Waals surface area contributed by atoms with Gasteiger partial charge in [0.25, 0.3) is 20.7 Å². The molecular formula is C9H6ClNO4S. The molecule has 0 saturated heterocycles. The summed E-state index contributed by atoms with van der Waals surface area (Å²) in [6.45, 7) is 1.51. The molecule has 84 valence electrons. The number of ketones is 1. The summed E-state index contributed by atoms with van der Waals surface area (Å²) in [4.78, 5) is 22.3. The highest BCUT2D eigenvalue weighted by atomic mass is 35.7. The van der Waals surface area contributed by atoms with E-state index in [1.54, 1.807) is 0 Å². The molecule has 2 rings (SSSR count). The number of fused-ring (bicyclic) bond motifs is 1. The molecule has 1 aromatic carbocycles. The number of halogens is 1. The molecule has 1 heterocycles. The first-order chi connectivity index (χ1) is 7.32. The maximum Gasteiger partial charge on any atom is 0.296 e. The fourth-order valence-electron chi connectivity index (χ4n) is 1.62. The second-order valence-electron chi connectivity index (χ2n) is 3.36. The van der Waals surface area contributed by atoms with Gasteiger partial charge < -0.3 is 5.32 Å². The number of rotatable bonds is 1. The Morgan fingerprint density at radius 1 is 1.25 bits per heavy atom. The quantitative estimate of drug-likeness (QED) is 0.604. The van der Waals surface area contributed by atoms with E-state index in [0.717, 1.165) is 0 Å². The van der Waals surface area contributed by atoms with Crippen LogP contribution in [-0.4, -0.2) is 20.1 Å². The molecule has 1 N–H and O–H groups in total. The van der Waals surface area contributed by atoms with E-state index < -0.39 is 20.7 Å². The van der Waals surface area contributed by atoms with E-state index in [2.05, 4.69) is 5.32 Å². The van der Waals surface area contributed by atoms with Crippen LogP contribution < -0.4 is 5.32 Å². The third-order valence-corrected chi connectivity index (χ3v) is 3.76. The zero-order chi connectivity index (χ0) is 12.1. The maximum atomic E-state index is 11.5. The van der Waals surface area contributed by atoms with Gasteiger partial charge in [0.2, 0.25) is 0 Å². The molecule has 1 aliphatic heterocycles. The molecule has 7 heteroatoms. The normalized spacial score (nSPS) is 14.9. The summed E-state index contributed by atoms with van der Waals surface area (Å²) in [6.07, 6.45) is 0. The Labute approximate surface area is 95.8 Å². The van der Waals surface area contributed by atoms with Gasteiger partial charge in [0.05, 0.1) is 16.1 Å². The van der Waals surface area contributed by atoms with Crippen molar-refractivity contribution in [1.29, 1.82) is 0 Å². The predicted molar refractivity (Wildman–Crippen MR) is 57.2 cm³/mol. The van der Waals surface area contributed by atoms with Crippen molar-refractivity contribution in [3.05, 3.63) is 23.3 Å². The van der Waals surface area contributed by atoms with Crippen LogP contribution in [0.5, 0.6) is 0 Å². The SMILES string of the molecule is Cc1ccc2c(c1S(=O)(=O)Cl)C(=O)C(=O)N2. The van der Waals surface area contributed by atoms with Crippen LogP contribution in [0, 0.1) is 6.92 Å². The minimum atomic E-state index is -4.06. The number of carbonyl (C=O) groups excluding carboxylic acids is 2. The van der Waals surface area contributed by atoms with Crippen molar-refractivity contribution >= 4 is 37.1 Å². The number of benzene rings is 1. The number of Topliss-reactive ketones (excluding diaryl/α,β-unsaturated/α-hetero) is 1. The Balaban J connectivity index is 2.87. The average Bonchev–Trinajstić information content (AvgIpc) is 2.42. The van der Waals surface area contributed by atoms with Crippen LogP contribution in [0.2, 0.25) is 0 Å². The molecule has 1 aliphatic rings. The summed E-state index contributed by atoms with van der Waals surface area (Å²) in [7, 11) is 1.19. The molecule has 5 nitrogen and oxygen atoms in total. The van der Waals surface area contributed by atoms with E-state index in [1.807, 2.05) is 0 Å². The van der Waals surface area contributed by atoms with Crippen LogP contribution in [-0.2, 0) is 13.8 Å². The van der Waals surface area contributed by atoms with E-state index in [1.165, 1.54) is 19.1 Å². The van der Waals surface area contributed by atoms with E-state index in [0.29, 0.717) is 5.56 Å². The molecule has 0 fully saturated rings. The van der Waals surface area contributed by atoms with Gasteiger partial charge in [-0.2, -0.15) is 0 Å². The van der Waals surface area contributed by atoms with Gasteiger partial charge in [-0.1, -0.05) is 6.07 Å². The van der Waals surface area contributed by atoms with E-state index in [4.69, 9.17) is 10.7 Å². The van der Waals surface area contributed by atoms with Crippen LogP contribution in [0.1, 0.15) is 15.9 Å². The molecule has 0 radical (unpaired) electrons. The Morgan fingerprint density at radius 2 is 1.88 bits per heavy atom. The molecular weight excluding hydrogens is 254 g/mol. The highest BCUT2D eigenvalue weighted by Crippen LogP contribution is 2.33. The number of anilines is 1. The second kappa shape index (κ2) is 3.29. The largest absolute Gasteiger partial charge is 0.318 e. The topological polar surface area (TPSA) is 80.3 Å². The van der Waals surface area contributed by atoms with Crippen molar-refractivity contribution in [2.24, 2.45) is 0 Å². The summed E-state index contributed by atoms with van der Waals surface area (Å²) in [6, 6.07) is 2.95. The van der Waals surface area contributed by atoms with Gasteiger partial charge in [0.1, 0.15) is 0 Å². The Morgan fingerprint density at radius 3 is 2.44 bits per heavy atom. The highest BCUT2D eigenvalue weighted by Gasteiger charge is 2.35. The molecule has 0 atom stereocenters. The first kappa shape index (κ1) is 11.1. The third-order valence-electron chi connectivity index (χ3n) is 2.28. The maximum absolute atomic E-state index is 11.5. The van der Waals surface area contributed by atoms with Crippen molar-refractivity contribution in [2.75, 3.05) is 5.32 Å². The molecule has 1 aromatic rings. The molecule has 0 aromatic heterocycles. The smallest absolute Gasteiger partial charge is 0.296 e. The van der Waals surface area contributed by atoms with Crippen LogP contribution in [0.15, 0.2) is 17.0 Å². The average molecular weight is 260 g/mol. The van der Waals surface area contributed by atoms with E-state index >= 15 is 0 Å². The molecule has 0 aliphatic carbocycles. The number of nitrogens with one attached hydrogen (secondary N) is 1. The number of aryl methyl sites for hydroxylation is 1. The van der Waals surface area contributed by atoms with Crippen LogP contribution in [0.4, 0.5) is 5.69 Å². The van der Waals surface area contributed by atoms with Gasteiger partial charge in [0.15, 0.2) is 0 Å². The summed E-state index contributed by atoms with van der Waals surface area (Å²) in [5.41, 5.74) is 0.346. The van der Waals surface area contributed by atoms with Crippen LogP contribution in [0.3, 0.4) is 0 Å². The molecule has 16 heavy (non-hydrogen) atoms. The minimum Gasteiger partial charge on any atom is -0.318 e. The van der Waals surface area contributed by atoms with Crippen molar-refractivity contribution in [1.82, 2.24) is 0 Å². The lowest BCUT2D eigenvalue weighted by Crippen LogP contribution is -2.13. The lowest BCUT2D eigenvalue weighted by Gasteiger charge is -2.06. The van der Waals surface area contributed by atoms with Crippen molar-refractivity contribution in [3.8, 4) is 0 Å². The summed E-state index contributed by atoms with van der Waals surface area (Å²) in [5.74, 6) is -1.72. The zero-order valence-electron chi connectivity index (χ0n) is 8.07. The van der Waals surface area contributed by atoms with E-state index in [-0.39, 0.29) is 16.1 Å². The Kier molecular flexibility index (Phi) is 2.28. The molecule has 0 unspecified atom stereocenters. The number of amides is 1. The van der Waals surface area contributed by atoms with Gasteiger partial charge in [-0.3, -0.25) is 9.59 Å². The number of hydrogen-bond donors (Lipinski definition) is 1. The molecule has 0 spiro atoms. The summed E-state index contributed by atoms with van der Waals surface area (Å²) in [5, 5.41) is 2.28. The van der Waals surface area contributed by atoms with E-state index in [9.17, 15) is 18.0 Å². The summed E-state index contributed by atoms with van der Waals surface area (Å²) < 4.78 is 22.7. The first-order valence-corrected chi connectivity index (χ1v) is 6.57. The van der Waals surface area contributed by atoms with Crippen LogP contribution in [0.25, 0.3) is 0 Å². The highest BCUT2D eigenvalue weighted by molar-refractivity contribution is 8.13. The molecule has 1 amide bonds. The summed E-state index contributed by atoms with van der Waals surface area (Å²) >= 11 is 0. The van der Waals surface area contributed by atoms with Gasteiger partial charge in [-0.05, 0) is 18.6 Å². The monoisotopic (exact) mass is 259 g/mol. The second-order valence-corrected chi connectivity index (χ2v) is 5.86. The van der Waals surface area contributed by atoms with Gasteiger partial charge in [-0.15, -0.1) is 0 Å². The van der Waals surface area contributed by atoms with Crippen molar-refractivity contribution in [3.63, 3.8) is 0 Å². The lowest BCUT2D eigenvalue weighted by molar-refractivity contribution is -0.112. The standard InChI is InChI=1S/C9H6ClNO4S/c1-4-2-3-5-6(7(12)9(13)11-5)8(4)16(10,14)15/h2-3H,1H3,(H,11,12,13). The fourth-order valence-corrected chi connectivity index (χ4v) is 3.12. The Hall–Kier alpha value is -1.40. The first-order valence-electron chi connectivity index (χ1n) is 4.26. The number of hydrogen-bond acceptors (Lipinski definition) is 4. The third kappa shape index (κ3) is 1.50. The van der Waals surface area contributed by atoms with Gasteiger partial charge >= 0.3 is 0 Å². The van der Waals surface area contributed by atoms with Crippen LogP contribution >= 0.6 is 10.7 Å². The van der Waals surface area contributed by atoms with Gasteiger partial charge in [0, 0.05) is 10.7 Å². The van der Waals surface area contributed by atoms with Crippen molar-refractivity contribution < 1.29 is 18.0 Å². The number of carbonyl (C=O) groups is 2. The predicted octanol–water partition coefficient (Wildman–Crippen LogP) is 1.06. The van der Waals surface area contributed by atoms with Crippen molar-refractivity contribution in [2.45, 2.75) is 11.8 Å².